The van der Waals surface area contributed by atoms with E-state index in [1.54, 1.807) is 6.07 Å². The minimum Gasteiger partial charge on any atom is -0.456 e. The van der Waals surface area contributed by atoms with Crippen molar-refractivity contribution >= 4 is 11.0 Å². The number of nitrogens with one attached hydrogen (secondary N) is 1. The molecule has 1 aromatic heterocycles. The lowest BCUT2D eigenvalue weighted by molar-refractivity contribution is -0.884. The number of rotatable bonds is 2. The Balaban J connectivity index is 1.86. The van der Waals surface area contributed by atoms with Crippen LogP contribution in [0, 0.1) is 5.82 Å². The van der Waals surface area contributed by atoms with Crippen molar-refractivity contribution in [2.45, 2.75) is 0 Å². The molecule has 25 heavy (non-hydrogen) atoms. The van der Waals surface area contributed by atoms with Crippen LogP contribution in [0.3, 0.4) is 0 Å². The normalized spacial score (nSPS) is 16.6. The molecule has 1 aliphatic heterocycles. The van der Waals surface area contributed by atoms with Gasteiger partial charge in [0.1, 0.15) is 17.2 Å². The Hall–Kier alpha value is -2.66. The fourth-order valence-corrected chi connectivity index (χ4v) is 3.10. The Morgan fingerprint density at radius 3 is 2.56 bits per heavy atom. The monoisotopic (exact) mass is 338 g/mol. The van der Waals surface area contributed by atoms with Crippen molar-refractivity contribution in [2.24, 2.45) is 5.10 Å². The number of benzene rings is 2. The summed E-state index contributed by atoms with van der Waals surface area (Å²) < 4.78 is 19.8. The maximum atomic E-state index is 13.8. The standard InChI is InChI=1S/C20H20FN3O/c1-23-9-11-24(12-10-23)22-18-14-20(15-5-3-2-4-6-15)25-19-8-7-16(21)13-17(18)19/h2-8,13-14H,9-12H2,1H3/p+1. The molecule has 3 aromatic rings. The van der Waals surface area contributed by atoms with E-state index in [9.17, 15) is 4.39 Å². The first-order valence-corrected chi connectivity index (χ1v) is 8.59. The molecule has 1 saturated heterocycles. The third kappa shape index (κ3) is 3.42. The van der Waals surface area contributed by atoms with E-state index < -0.39 is 0 Å². The van der Waals surface area contributed by atoms with Crippen LogP contribution in [0.2, 0.25) is 0 Å². The topological polar surface area (TPSA) is 33.2 Å². The van der Waals surface area contributed by atoms with Gasteiger partial charge < -0.3 is 9.32 Å². The van der Waals surface area contributed by atoms with E-state index in [1.807, 2.05) is 36.4 Å². The maximum absolute atomic E-state index is 13.8. The summed E-state index contributed by atoms with van der Waals surface area (Å²) in [6, 6.07) is 16.4. The molecule has 0 saturated carbocycles. The van der Waals surface area contributed by atoms with Crippen LogP contribution < -0.4 is 10.3 Å². The third-order valence-corrected chi connectivity index (χ3v) is 4.61. The molecular weight excluding hydrogens is 317 g/mol. The molecule has 4 rings (SSSR count). The lowest BCUT2D eigenvalue weighted by atomic mass is 10.1. The second-order valence-corrected chi connectivity index (χ2v) is 6.51. The van der Waals surface area contributed by atoms with Crippen LogP contribution in [0.25, 0.3) is 22.3 Å². The number of quaternary nitrogens is 1. The van der Waals surface area contributed by atoms with Crippen molar-refractivity contribution in [1.82, 2.24) is 5.01 Å². The van der Waals surface area contributed by atoms with Crippen molar-refractivity contribution in [2.75, 3.05) is 33.2 Å². The zero-order valence-corrected chi connectivity index (χ0v) is 14.2. The average molecular weight is 338 g/mol. The predicted molar refractivity (Wildman–Crippen MR) is 95.4 cm³/mol. The summed E-state index contributed by atoms with van der Waals surface area (Å²) in [7, 11) is 2.19. The first-order chi connectivity index (χ1) is 12.2. The minimum atomic E-state index is -0.283. The van der Waals surface area contributed by atoms with Crippen molar-refractivity contribution in [1.29, 1.82) is 0 Å². The molecule has 0 atom stereocenters. The summed E-state index contributed by atoms with van der Waals surface area (Å²) in [5.74, 6) is 0.452. The number of hydrogen-bond donors (Lipinski definition) is 1. The first-order valence-electron chi connectivity index (χ1n) is 8.59. The molecule has 2 aromatic carbocycles. The van der Waals surface area contributed by atoms with Crippen molar-refractivity contribution in [3.05, 3.63) is 65.8 Å². The Morgan fingerprint density at radius 2 is 1.80 bits per heavy atom. The van der Waals surface area contributed by atoms with Gasteiger partial charge in [0.25, 0.3) is 0 Å². The largest absolute Gasteiger partial charge is 0.456 e. The molecule has 0 bridgehead atoms. The van der Waals surface area contributed by atoms with Gasteiger partial charge in [-0.15, -0.1) is 0 Å². The van der Waals surface area contributed by atoms with E-state index in [4.69, 9.17) is 9.52 Å². The van der Waals surface area contributed by atoms with Gasteiger partial charge in [-0.1, -0.05) is 30.3 Å². The average Bonchev–Trinajstić information content (AvgIpc) is 2.64. The van der Waals surface area contributed by atoms with Crippen LogP contribution in [0.4, 0.5) is 4.39 Å². The van der Waals surface area contributed by atoms with Crippen LogP contribution in [0.1, 0.15) is 0 Å². The van der Waals surface area contributed by atoms with Gasteiger partial charge in [-0.3, -0.25) is 5.01 Å². The molecule has 2 heterocycles. The quantitative estimate of drug-likeness (QED) is 0.774. The third-order valence-electron chi connectivity index (χ3n) is 4.61. The molecule has 0 aliphatic carbocycles. The highest BCUT2D eigenvalue weighted by molar-refractivity contribution is 5.78. The summed E-state index contributed by atoms with van der Waals surface area (Å²) in [6.07, 6.45) is 0. The van der Waals surface area contributed by atoms with Gasteiger partial charge in [-0.2, -0.15) is 5.10 Å². The van der Waals surface area contributed by atoms with Crippen molar-refractivity contribution in [3.8, 4) is 11.3 Å². The fourth-order valence-electron chi connectivity index (χ4n) is 3.10. The van der Waals surface area contributed by atoms with E-state index in [0.717, 1.165) is 42.9 Å². The molecule has 5 heteroatoms. The number of likely N-dealkylation sites (N-methyl/N-ethyl adjacent to an activating group) is 1. The first kappa shape index (κ1) is 15.8. The minimum absolute atomic E-state index is 0.283. The molecular formula is C20H21FN3O+. The summed E-state index contributed by atoms with van der Waals surface area (Å²) in [5.41, 5.74) is 1.62. The van der Waals surface area contributed by atoms with Gasteiger partial charge >= 0.3 is 0 Å². The molecule has 0 unspecified atom stereocenters. The van der Waals surface area contributed by atoms with E-state index in [2.05, 4.69) is 12.1 Å². The Bertz CT molecular complexity index is 944. The van der Waals surface area contributed by atoms with Crippen molar-refractivity contribution in [3.63, 3.8) is 0 Å². The number of fused-ring (bicyclic) bond motifs is 1. The lowest BCUT2D eigenvalue weighted by Crippen LogP contribution is -3.11. The number of hydrogen-bond acceptors (Lipinski definition) is 3. The molecule has 4 nitrogen and oxygen atoms in total. The van der Waals surface area contributed by atoms with Crippen LogP contribution in [-0.4, -0.2) is 38.2 Å². The molecule has 128 valence electrons. The van der Waals surface area contributed by atoms with E-state index in [1.165, 1.54) is 17.0 Å². The van der Waals surface area contributed by atoms with Gasteiger partial charge in [-0.25, -0.2) is 4.39 Å². The summed E-state index contributed by atoms with van der Waals surface area (Å²) in [6.45, 7) is 3.90. The second-order valence-electron chi connectivity index (χ2n) is 6.51. The van der Waals surface area contributed by atoms with E-state index >= 15 is 0 Å². The van der Waals surface area contributed by atoms with E-state index in [-0.39, 0.29) is 5.82 Å². The van der Waals surface area contributed by atoms with Crippen LogP contribution in [0.5, 0.6) is 0 Å². The van der Waals surface area contributed by atoms with Gasteiger partial charge in [-0.05, 0) is 18.2 Å². The van der Waals surface area contributed by atoms with Crippen molar-refractivity contribution < 1.29 is 13.7 Å². The second kappa shape index (κ2) is 6.69. The molecule has 0 spiro atoms. The lowest BCUT2D eigenvalue weighted by Gasteiger charge is -2.27. The van der Waals surface area contributed by atoms with Crippen LogP contribution in [-0.2, 0) is 0 Å². The Morgan fingerprint density at radius 1 is 1.04 bits per heavy atom. The van der Waals surface area contributed by atoms with Crippen LogP contribution in [0.15, 0.2) is 64.1 Å². The predicted octanol–water partition coefficient (Wildman–Crippen LogP) is 1.88. The van der Waals surface area contributed by atoms with Gasteiger partial charge in [0.2, 0.25) is 0 Å². The van der Waals surface area contributed by atoms with Crippen LogP contribution >= 0.6 is 0 Å². The van der Waals surface area contributed by atoms with Gasteiger partial charge in [0.15, 0.2) is 0 Å². The zero-order valence-electron chi connectivity index (χ0n) is 14.2. The summed E-state index contributed by atoms with van der Waals surface area (Å²) in [4.78, 5) is 1.51. The highest BCUT2D eigenvalue weighted by atomic mass is 19.1. The molecule has 1 fully saturated rings. The highest BCUT2D eigenvalue weighted by Gasteiger charge is 2.15. The Labute approximate surface area is 145 Å². The maximum Gasteiger partial charge on any atom is 0.137 e. The molecule has 1 N–H and O–H groups in total. The highest BCUT2D eigenvalue weighted by Crippen LogP contribution is 2.22. The van der Waals surface area contributed by atoms with Gasteiger partial charge in [0.05, 0.1) is 38.6 Å². The number of halogens is 1. The summed E-state index contributed by atoms with van der Waals surface area (Å²) in [5, 5.41) is 8.32. The van der Waals surface area contributed by atoms with Gasteiger partial charge in [0, 0.05) is 17.0 Å². The fraction of sp³-hybridized carbons (Fsp3) is 0.250. The molecule has 0 amide bonds. The molecule has 1 aliphatic rings. The summed E-state index contributed by atoms with van der Waals surface area (Å²) >= 11 is 0. The number of nitrogens with zero attached hydrogens (tertiary/aromatic N) is 2. The van der Waals surface area contributed by atoms with E-state index in [0.29, 0.717) is 11.0 Å². The zero-order chi connectivity index (χ0) is 17.2. The Kier molecular flexibility index (Phi) is 4.24. The smallest absolute Gasteiger partial charge is 0.137 e. The number of piperazine rings is 1. The molecule has 0 radical (unpaired) electrons. The SMILES string of the molecule is C[NH+]1CCN(N=c2cc(-c3ccccc3)oc3ccc(F)cc23)CC1.